The molecule has 2 aromatic rings. The highest BCUT2D eigenvalue weighted by Gasteiger charge is 2.08. The average molecular weight is 316 g/mol. The Labute approximate surface area is 134 Å². The average Bonchev–Trinajstić information content (AvgIpc) is 2.99. The standard InChI is InChI=1S/C17H20N2O4/c1-12-6-8-13(9-7-12)17-19-14(11-23-17)10-18-15(20)4-2-3-5-16(21)22/h6-9,11H,2-5,10H2,1H3,(H,18,20)(H,21,22). The molecule has 0 fully saturated rings. The maximum atomic E-state index is 11.7. The Morgan fingerprint density at radius 1 is 1.17 bits per heavy atom. The number of carboxylic acid groups (broad SMARTS) is 1. The zero-order valence-corrected chi connectivity index (χ0v) is 13.0. The van der Waals surface area contributed by atoms with Gasteiger partial charge in [-0.15, -0.1) is 0 Å². The highest BCUT2D eigenvalue weighted by Crippen LogP contribution is 2.19. The van der Waals surface area contributed by atoms with Crippen LogP contribution in [0, 0.1) is 6.92 Å². The van der Waals surface area contributed by atoms with Gasteiger partial charge >= 0.3 is 5.97 Å². The summed E-state index contributed by atoms with van der Waals surface area (Å²) in [6.07, 6.45) is 3.00. The number of amides is 1. The highest BCUT2D eigenvalue weighted by atomic mass is 16.4. The number of aryl methyl sites for hydroxylation is 1. The topological polar surface area (TPSA) is 92.4 Å². The lowest BCUT2D eigenvalue weighted by Gasteiger charge is -2.02. The van der Waals surface area contributed by atoms with E-state index in [-0.39, 0.29) is 12.3 Å². The van der Waals surface area contributed by atoms with Crippen LogP contribution in [0.4, 0.5) is 0 Å². The first-order valence-corrected chi connectivity index (χ1v) is 7.54. The number of rotatable bonds is 8. The van der Waals surface area contributed by atoms with Crippen LogP contribution in [0.15, 0.2) is 34.9 Å². The number of nitrogens with one attached hydrogen (secondary N) is 1. The summed E-state index contributed by atoms with van der Waals surface area (Å²) in [4.78, 5) is 26.4. The van der Waals surface area contributed by atoms with Crippen LogP contribution >= 0.6 is 0 Å². The van der Waals surface area contributed by atoms with Crippen LogP contribution < -0.4 is 5.32 Å². The first-order valence-electron chi connectivity index (χ1n) is 7.54. The van der Waals surface area contributed by atoms with E-state index < -0.39 is 5.97 Å². The third-order valence-corrected chi connectivity index (χ3v) is 3.36. The number of hydrogen-bond acceptors (Lipinski definition) is 4. The normalized spacial score (nSPS) is 10.5. The first kappa shape index (κ1) is 16.7. The van der Waals surface area contributed by atoms with Crippen LogP contribution in [0.1, 0.15) is 36.9 Å². The first-order chi connectivity index (χ1) is 11.0. The van der Waals surface area contributed by atoms with Gasteiger partial charge in [0.1, 0.15) is 6.26 Å². The van der Waals surface area contributed by atoms with Crippen LogP contribution in [-0.2, 0) is 16.1 Å². The molecular weight excluding hydrogens is 296 g/mol. The molecule has 122 valence electrons. The molecule has 2 N–H and O–H groups in total. The third-order valence-electron chi connectivity index (χ3n) is 3.36. The van der Waals surface area contributed by atoms with E-state index in [0.29, 0.717) is 37.4 Å². The smallest absolute Gasteiger partial charge is 0.303 e. The molecule has 0 aliphatic rings. The van der Waals surface area contributed by atoms with E-state index in [0.717, 1.165) is 11.1 Å². The van der Waals surface area contributed by atoms with Gasteiger partial charge in [-0.05, 0) is 31.9 Å². The Balaban J connectivity index is 1.77. The number of carbonyl (C=O) groups excluding carboxylic acids is 1. The number of carbonyl (C=O) groups is 2. The summed E-state index contributed by atoms with van der Waals surface area (Å²) in [7, 11) is 0. The molecular formula is C17H20N2O4. The summed E-state index contributed by atoms with van der Waals surface area (Å²) < 4.78 is 5.42. The monoisotopic (exact) mass is 316 g/mol. The molecule has 1 heterocycles. The van der Waals surface area contributed by atoms with Gasteiger partial charge in [0.15, 0.2) is 0 Å². The molecule has 6 heteroatoms. The maximum absolute atomic E-state index is 11.7. The molecule has 0 spiro atoms. The molecule has 23 heavy (non-hydrogen) atoms. The van der Waals surface area contributed by atoms with E-state index in [4.69, 9.17) is 9.52 Å². The number of oxazole rings is 1. The second-order valence-corrected chi connectivity index (χ2v) is 5.39. The fourth-order valence-corrected chi connectivity index (χ4v) is 2.06. The number of benzene rings is 1. The third kappa shape index (κ3) is 5.58. The molecule has 0 aliphatic heterocycles. The van der Waals surface area contributed by atoms with Crippen LogP contribution in [0.3, 0.4) is 0 Å². The number of nitrogens with zero attached hydrogens (tertiary/aromatic N) is 1. The fraction of sp³-hybridized carbons (Fsp3) is 0.353. The molecule has 0 unspecified atom stereocenters. The summed E-state index contributed by atoms with van der Waals surface area (Å²) in [6.45, 7) is 2.31. The Bertz CT molecular complexity index is 661. The quantitative estimate of drug-likeness (QED) is 0.730. The van der Waals surface area contributed by atoms with Crippen molar-refractivity contribution in [2.24, 2.45) is 0 Å². The second-order valence-electron chi connectivity index (χ2n) is 5.39. The van der Waals surface area contributed by atoms with E-state index in [1.807, 2.05) is 31.2 Å². The number of carboxylic acids is 1. The van der Waals surface area contributed by atoms with Crippen molar-refractivity contribution in [3.05, 3.63) is 41.8 Å². The molecule has 1 aromatic heterocycles. The van der Waals surface area contributed by atoms with Crippen molar-refractivity contribution in [1.29, 1.82) is 0 Å². The van der Waals surface area contributed by atoms with Gasteiger partial charge in [0.25, 0.3) is 0 Å². The lowest BCUT2D eigenvalue weighted by Crippen LogP contribution is -2.22. The predicted octanol–water partition coefficient (Wildman–Crippen LogP) is 2.91. The molecule has 0 saturated heterocycles. The summed E-state index contributed by atoms with van der Waals surface area (Å²) in [6, 6.07) is 7.84. The molecule has 1 amide bonds. The number of unbranched alkanes of at least 4 members (excludes halogenated alkanes) is 1. The van der Waals surface area contributed by atoms with E-state index in [9.17, 15) is 9.59 Å². The highest BCUT2D eigenvalue weighted by molar-refractivity contribution is 5.75. The molecule has 2 rings (SSSR count). The molecule has 0 radical (unpaired) electrons. The van der Waals surface area contributed by atoms with Crippen molar-refractivity contribution >= 4 is 11.9 Å². The van der Waals surface area contributed by atoms with Crippen LogP contribution in [-0.4, -0.2) is 22.0 Å². The fourth-order valence-electron chi connectivity index (χ4n) is 2.06. The predicted molar refractivity (Wildman–Crippen MR) is 84.6 cm³/mol. The summed E-state index contributed by atoms with van der Waals surface area (Å²) in [5.41, 5.74) is 2.71. The largest absolute Gasteiger partial charge is 0.481 e. The minimum atomic E-state index is -0.836. The van der Waals surface area contributed by atoms with Crippen molar-refractivity contribution in [1.82, 2.24) is 10.3 Å². The van der Waals surface area contributed by atoms with Crippen LogP contribution in [0.2, 0.25) is 0 Å². The SMILES string of the molecule is Cc1ccc(-c2nc(CNC(=O)CCCCC(=O)O)co2)cc1. The Morgan fingerprint density at radius 2 is 1.87 bits per heavy atom. The van der Waals surface area contributed by atoms with Crippen molar-refractivity contribution in [3.8, 4) is 11.5 Å². The van der Waals surface area contributed by atoms with Gasteiger partial charge in [-0.3, -0.25) is 9.59 Å². The Hall–Kier alpha value is -2.63. The minimum Gasteiger partial charge on any atom is -0.481 e. The van der Waals surface area contributed by atoms with E-state index in [2.05, 4.69) is 10.3 Å². The molecule has 6 nitrogen and oxygen atoms in total. The lowest BCUT2D eigenvalue weighted by molar-refractivity contribution is -0.137. The Kier molecular flexibility index (Phi) is 5.91. The lowest BCUT2D eigenvalue weighted by atomic mass is 10.1. The van der Waals surface area contributed by atoms with Crippen molar-refractivity contribution < 1.29 is 19.1 Å². The van der Waals surface area contributed by atoms with Gasteiger partial charge < -0.3 is 14.8 Å². The van der Waals surface area contributed by atoms with Crippen LogP contribution in [0.25, 0.3) is 11.5 Å². The zero-order valence-electron chi connectivity index (χ0n) is 13.0. The number of hydrogen-bond donors (Lipinski definition) is 2. The molecule has 0 saturated carbocycles. The number of aliphatic carboxylic acids is 1. The molecule has 0 aliphatic carbocycles. The maximum Gasteiger partial charge on any atom is 0.303 e. The van der Waals surface area contributed by atoms with Gasteiger partial charge in [-0.2, -0.15) is 0 Å². The Morgan fingerprint density at radius 3 is 2.57 bits per heavy atom. The van der Waals surface area contributed by atoms with Gasteiger partial charge in [-0.1, -0.05) is 17.7 Å². The van der Waals surface area contributed by atoms with Crippen molar-refractivity contribution in [2.45, 2.75) is 39.2 Å². The van der Waals surface area contributed by atoms with Crippen molar-refractivity contribution in [2.75, 3.05) is 0 Å². The van der Waals surface area contributed by atoms with Crippen molar-refractivity contribution in [3.63, 3.8) is 0 Å². The minimum absolute atomic E-state index is 0.0937. The van der Waals surface area contributed by atoms with Crippen LogP contribution in [0.5, 0.6) is 0 Å². The van der Waals surface area contributed by atoms with Gasteiger partial charge in [0.05, 0.1) is 12.2 Å². The zero-order chi connectivity index (χ0) is 16.7. The van der Waals surface area contributed by atoms with Gasteiger partial charge in [-0.25, -0.2) is 4.98 Å². The number of aromatic nitrogens is 1. The van der Waals surface area contributed by atoms with E-state index in [1.165, 1.54) is 6.26 Å². The summed E-state index contributed by atoms with van der Waals surface area (Å²) in [5.74, 6) is -0.428. The van der Waals surface area contributed by atoms with Gasteiger partial charge in [0.2, 0.25) is 11.8 Å². The second kappa shape index (κ2) is 8.12. The summed E-state index contributed by atoms with van der Waals surface area (Å²) in [5, 5.41) is 11.3. The molecule has 1 aromatic carbocycles. The molecule has 0 atom stereocenters. The van der Waals surface area contributed by atoms with Gasteiger partial charge in [0, 0.05) is 18.4 Å². The molecule has 0 bridgehead atoms. The van der Waals surface area contributed by atoms with E-state index in [1.54, 1.807) is 0 Å². The summed E-state index contributed by atoms with van der Waals surface area (Å²) >= 11 is 0. The van der Waals surface area contributed by atoms with E-state index >= 15 is 0 Å².